The summed E-state index contributed by atoms with van der Waals surface area (Å²) in [5.74, 6) is 2.74. The maximum Gasteiger partial charge on any atom is 0.409 e. The Bertz CT molecular complexity index is 1230. The molecule has 0 saturated carbocycles. The third-order valence-electron chi connectivity index (χ3n) is 5.36. The molecular formula is C24H21N3O3. The molecule has 0 fully saturated rings. The van der Waals surface area contributed by atoms with Crippen LogP contribution in [0.25, 0.3) is 22.4 Å². The summed E-state index contributed by atoms with van der Waals surface area (Å²) in [5, 5.41) is 0. The maximum atomic E-state index is 10.9. The van der Waals surface area contributed by atoms with E-state index in [9.17, 15) is 4.79 Å². The Morgan fingerprint density at radius 1 is 0.867 bits per heavy atom. The first-order valence-electron chi connectivity index (χ1n) is 10.0. The molecule has 3 aromatic carbocycles. The van der Waals surface area contributed by atoms with Crippen molar-refractivity contribution < 1.29 is 14.3 Å². The molecule has 1 aliphatic carbocycles. The van der Waals surface area contributed by atoms with Crippen molar-refractivity contribution in [3.63, 3.8) is 0 Å². The fourth-order valence-corrected chi connectivity index (χ4v) is 3.89. The van der Waals surface area contributed by atoms with Gasteiger partial charge in [0.25, 0.3) is 0 Å². The fraction of sp³-hybridized carbons (Fsp3) is 0.167. The number of fused-ring (bicyclic) bond motifs is 2. The second-order valence-electron chi connectivity index (χ2n) is 7.45. The highest BCUT2D eigenvalue weighted by molar-refractivity contribution is 5.81. The largest absolute Gasteiger partial charge is 0.457 e. The van der Waals surface area contributed by atoms with Crippen LogP contribution in [0.15, 0.2) is 60.7 Å². The summed E-state index contributed by atoms with van der Waals surface area (Å²) in [7, 11) is 0. The highest BCUT2D eigenvalue weighted by Crippen LogP contribution is 2.30. The van der Waals surface area contributed by atoms with Crippen molar-refractivity contribution in [3.8, 4) is 28.6 Å². The van der Waals surface area contributed by atoms with Crippen LogP contribution in [0.3, 0.4) is 0 Å². The van der Waals surface area contributed by atoms with E-state index in [0.29, 0.717) is 11.3 Å². The number of aryl methyl sites for hydroxylation is 2. The third kappa shape index (κ3) is 3.72. The van der Waals surface area contributed by atoms with Crippen LogP contribution < -0.4 is 15.2 Å². The molecule has 0 unspecified atom stereocenters. The predicted octanol–water partition coefficient (Wildman–Crippen LogP) is 5.36. The second-order valence-corrected chi connectivity index (χ2v) is 7.45. The molecule has 6 nitrogen and oxygen atoms in total. The first-order valence-corrected chi connectivity index (χ1v) is 10.0. The van der Waals surface area contributed by atoms with E-state index in [0.717, 1.165) is 41.2 Å². The lowest BCUT2D eigenvalue weighted by atomic mass is 9.92. The average Bonchev–Trinajstić information content (AvgIpc) is 3.17. The van der Waals surface area contributed by atoms with Gasteiger partial charge in [-0.1, -0.05) is 6.07 Å². The van der Waals surface area contributed by atoms with Crippen LogP contribution in [-0.2, 0) is 12.8 Å². The Kier molecular flexibility index (Phi) is 4.59. The molecule has 6 heteroatoms. The van der Waals surface area contributed by atoms with Gasteiger partial charge in [0, 0.05) is 11.6 Å². The van der Waals surface area contributed by atoms with Crippen molar-refractivity contribution in [3.05, 3.63) is 71.8 Å². The number of carbonyl (C=O) groups excluding carboxylic acids is 1. The van der Waals surface area contributed by atoms with Crippen molar-refractivity contribution in [1.82, 2.24) is 9.97 Å². The number of imidazole rings is 1. The summed E-state index contributed by atoms with van der Waals surface area (Å²) in [6, 6.07) is 19.3. The minimum Gasteiger partial charge on any atom is -0.457 e. The van der Waals surface area contributed by atoms with E-state index in [1.54, 1.807) is 18.2 Å². The number of ether oxygens (including phenoxy) is 2. The molecule has 3 N–H and O–H groups in total. The van der Waals surface area contributed by atoms with Crippen LogP contribution >= 0.6 is 0 Å². The second kappa shape index (κ2) is 7.55. The molecule has 1 aromatic heterocycles. The number of benzene rings is 3. The number of primary amides is 1. The van der Waals surface area contributed by atoms with Gasteiger partial charge in [-0.05, 0) is 85.3 Å². The normalized spacial score (nSPS) is 13.1. The predicted molar refractivity (Wildman–Crippen MR) is 115 cm³/mol. The van der Waals surface area contributed by atoms with Gasteiger partial charge in [0.1, 0.15) is 23.1 Å². The number of hydrogen-bond acceptors (Lipinski definition) is 4. The van der Waals surface area contributed by atoms with Crippen LogP contribution in [0.2, 0.25) is 0 Å². The van der Waals surface area contributed by atoms with Gasteiger partial charge in [-0.25, -0.2) is 9.78 Å². The van der Waals surface area contributed by atoms with Gasteiger partial charge in [0.05, 0.1) is 11.0 Å². The minimum atomic E-state index is -0.848. The van der Waals surface area contributed by atoms with Gasteiger partial charge in [-0.3, -0.25) is 0 Å². The van der Waals surface area contributed by atoms with E-state index >= 15 is 0 Å². The van der Waals surface area contributed by atoms with Crippen molar-refractivity contribution in [2.75, 3.05) is 0 Å². The van der Waals surface area contributed by atoms with Crippen LogP contribution in [0.1, 0.15) is 24.0 Å². The van der Waals surface area contributed by atoms with E-state index in [1.807, 2.05) is 30.3 Å². The first kappa shape index (κ1) is 18.2. The molecule has 0 saturated heterocycles. The lowest BCUT2D eigenvalue weighted by Crippen LogP contribution is -2.16. The molecule has 1 aliphatic rings. The van der Waals surface area contributed by atoms with Gasteiger partial charge < -0.3 is 20.2 Å². The maximum absolute atomic E-state index is 10.9. The number of aromatic amines is 1. The van der Waals surface area contributed by atoms with Crippen LogP contribution in [-0.4, -0.2) is 16.1 Å². The minimum absolute atomic E-state index is 0.363. The molecule has 0 spiro atoms. The molecule has 5 rings (SSSR count). The highest BCUT2D eigenvalue weighted by Gasteiger charge is 2.11. The molecule has 30 heavy (non-hydrogen) atoms. The smallest absolute Gasteiger partial charge is 0.409 e. The van der Waals surface area contributed by atoms with Crippen molar-refractivity contribution in [2.24, 2.45) is 5.73 Å². The number of aromatic nitrogens is 2. The van der Waals surface area contributed by atoms with Gasteiger partial charge in [0.15, 0.2) is 0 Å². The van der Waals surface area contributed by atoms with Gasteiger partial charge in [-0.15, -0.1) is 0 Å². The summed E-state index contributed by atoms with van der Waals surface area (Å²) < 4.78 is 11.0. The monoisotopic (exact) mass is 399 g/mol. The molecule has 1 heterocycles. The molecule has 0 atom stereocenters. The summed E-state index contributed by atoms with van der Waals surface area (Å²) >= 11 is 0. The van der Waals surface area contributed by atoms with Gasteiger partial charge >= 0.3 is 6.09 Å². The summed E-state index contributed by atoms with van der Waals surface area (Å²) in [6.07, 6.45) is 3.97. The Balaban J connectivity index is 1.35. The zero-order valence-corrected chi connectivity index (χ0v) is 16.4. The van der Waals surface area contributed by atoms with Gasteiger partial charge in [0.2, 0.25) is 0 Å². The Morgan fingerprint density at radius 3 is 2.40 bits per heavy atom. The van der Waals surface area contributed by atoms with E-state index < -0.39 is 6.09 Å². The van der Waals surface area contributed by atoms with E-state index in [-0.39, 0.29) is 0 Å². The average molecular weight is 399 g/mol. The van der Waals surface area contributed by atoms with E-state index in [4.69, 9.17) is 15.2 Å². The van der Waals surface area contributed by atoms with Crippen molar-refractivity contribution >= 4 is 17.1 Å². The number of carbonyl (C=O) groups is 1. The number of H-pyrrole nitrogens is 1. The summed E-state index contributed by atoms with van der Waals surface area (Å²) in [6.45, 7) is 0. The number of nitrogens with one attached hydrogen (secondary N) is 1. The number of amides is 1. The lowest BCUT2D eigenvalue weighted by molar-refractivity contribution is 0.211. The molecule has 4 aromatic rings. The Morgan fingerprint density at radius 2 is 1.60 bits per heavy atom. The molecule has 0 aliphatic heterocycles. The number of rotatable bonds is 4. The van der Waals surface area contributed by atoms with Crippen LogP contribution in [0, 0.1) is 0 Å². The zero-order valence-electron chi connectivity index (χ0n) is 16.4. The zero-order chi connectivity index (χ0) is 20.5. The summed E-state index contributed by atoms with van der Waals surface area (Å²) in [5.41, 5.74) is 10.4. The Labute approximate surface area is 173 Å². The number of nitrogens with two attached hydrogens (primary N) is 1. The third-order valence-corrected chi connectivity index (χ3v) is 5.36. The number of hydrogen-bond donors (Lipinski definition) is 2. The Hall–Kier alpha value is -3.80. The molecule has 0 radical (unpaired) electrons. The highest BCUT2D eigenvalue weighted by atomic mass is 16.5. The van der Waals surface area contributed by atoms with Crippen LogP contribution in [0.4, 0.5) is 4.79 Å². The quantitative estimate of drug-likeness (QED) is 0.483. The van der Waals surface area contributed by atoms with E-state index in [2.05, 4.69) is 22.1 Å². The lowest BCUT2D eigenvalue weighted by Gasteiger charge is -2.16. The van der Waals surface area contributed by atoms with Crippen molar-refractivity contribution in [2.45, 2.75) is 25.7 Å². The fourth-order valence-electron chi connectivity index (χ4n) is 3.89. The molecule has 0 bridgehead atoms. The first-order chi connectivity index (χ1) is 14.6. The van der Waals surface area contributed by atoms with E-state index in [1.165, 1.54) is 24.0 Å². The standard InChI is InChI=1S/C24H21N3O3/c25-24(28)30-20-11-12-21-22(14-20)27-23(26-21)16-6-8-18(9-7-16)29-19-10-5-15-3-1-2-4-17(15)13-19/h5-14H,1-4H2,(H2,25,28)(H,26,27). The summed E-state index contributed by atoms with van der Waals surface area (Å²) in [4.78, 5) is 18.8. The van der Waals surface area contributed by atoms with Crippen molar-refractivity contribution in [1.29, 1.82) is 0 Å². The molecule has 1 amide bonds. The SMILES string of the molecule is NC(=O)Oc1ccc2[nH]c(-c3ccc(Oc4ccc5c(c4)CCCC5)cc3)nc2c1. The van der Waals surface area contributed by atoms with Gasteiger partial charge in [-0.2, -0.15) is 0 Å². The number of nitrogens with zero attached hydrogens (tertiary/aromatic N) is 1. The molecule has 150 valence electrons. The topological polar surface area (TPSA) is 90.2 Å². The molecular weight excluding hydrogens is 378 g/mol. The van der Waals surface area contributed by atoms with Crippen LogP contribution in [0.5, 0.6) is 17.2 Å².